The van der Waals surface area contributed by atoms with E-state index < -0.39 is 6.09 Å². The smallest absolute Gasteiger partial charge is 0.413 e. The topological polar surface area (TPSA) is 72.0 Å². The van der Waals surface area contributed by atoms with Crippen LogP contribution < -0.4 is 15.4 Å². The van der Waals surface area contributed by atoms with Crippen molar-refractivity contribution in [3.8, 4) is 5.75 Å². The molecule has 2 rings (SSSR count). The zero-order valence-electron chi connectivity index (χ0n) is 11.7. The molecule has 1 amide bonds. The second kappa shape index (κ2) is 6.79. The molecule has 108 valence electrons. The average molecular weight is 277 g/mol. The fraction of sp³-hybridized carbons (Fsp3) is 0.429. The van der Waals surface area contributed by atoms with E-state index in [0.29, 0.717) is 12.6 Å². The molecular formula is C14H19N3O3. The van der Waals surface area contributed by atoms with Gasteiger partial charge in [-0.05, 0) is 19.4 Å². The SMILES string of the molecule is CCOc1ccccc1C1CCNC(NC(=O)OC)=N1. The van der Waals surface area contributed by atoms with Crippen LogP contribution in [0, 0.1) is 0 Å². The van der Waals surface area contributed by atoms with Gasteiger partial charge < -0.3 is 14.8 Å². The van der Waals surface area contributed by atoms with Crippen molar-refractivity contribution in [1.29, 1.82) is 0 Å². The Morgan fingerprint density at radius 3 is 3.05 bits per heavy atom. The molecule has 6 heteroatoms. The molecule has 1 aromatic carbocycles. The van der Waals surface area contributed by atoms with Crippen molar-refractivity contribution in [2.24, 2.45) is 4.99 Å². The quantitative estimate of drug-likeness (QED) is 0.884. The van der Waals surface area contributed by atoms with Gasteiger partial charge in [-0.3, -0.25) is 5.32 Å². The Morgan fingerprint density at radius 1 is 1.50 bits per heavy atom. The highest BCUT2D eigenvalue weighted by atomic mass is 16.5. The van der Waals surface area contributed by atoms with Gasteiger partial charge in [0.15, 0.2) is 0 Å². The predicted molar refractivity (Wildman–Crippen MR) is 75.9 cm³/mol. The Kier molecular flexibility index (Phi) is 4.81. The van der Waals surface area contributed by atoms with E-state index in [4.69, 9.17) is 4.74 Å². The summed E-state index contributed by atoms with van der Waals surface area (Å²) in [4.78, 5) is 15.7. The van der Waals surface area contributed by atoms with E-state index >= 15 is 0 Å². The van der Waals surface area contributed by atoms with Crippen LogP contribution in [-0.2, 0) is 4.74 Å². The van der Waals surface area contributed by atoms with Gasteiger partial charge in [0.25, 0.3) is 0 Å². The molecule has 0 aliphatic carbocycles. The van der Waals surface area contributed by atoms with Crippen LogP contribution in [-0.4, -0.2) is 32.3 Å². The fourth-order valence-electron chi connectivity index (χ4n) is 2.09. The van der Waals surface area contributed by atoms with E-state index in [0.717, 1.165) is 24.3 Å². The van der Waals surface area contributed by atoms with Crippen molar-refractivity contribution in [3.63, 3.8) is 0 Å². The highest BCUT2D eigenvalue weighted by Crippen LogP contribution is 2.30. The minimum absolute atomic E-state index is 0.0360. The third kappa shape index (κ3) is 3.40. The average Bonchev–Trinajstić information content (AvgIpc) is 2.48. The van der Waals surface area contributed by atoms with E-state index in [1.54, 1.807) is 0 Å². The molecule has 1 unspecified atom stereocenters. The minimum Gasteiger partial charge on any atom is -0.494 e. The monoisotopic (exact) mass is 277 g/mol. The van der Waals surface area contributed by atoms with Crippen LogP contribution in [0.3, 0.4) is 0 Å². The molecule has 0 saturated heterocycles. The number of guanidine groups is 1. The van der Waals surface area contributed by atoms with Crippen molar-refractivity contribution in [2.75, 3.05) is 20.3 Å². The number of hydrogen-bond donors (Lipinski definition) is 2. The number of nitrogens with zero attached hydrogens (tertiary/aromatic N) is 1. The van der Waals surface area contributed by atoms with Crippen LogP contribution in [0.15, 0.2) is 29.3 Å². The first-order valence-electron chi connectivity index (χ1n) is 6.63. The molecule has 1 atom stereocenters. The molecule has 0 radical (unpaired) electrons. The number of methoxy groups -OCH3 is 1. The van der Waals surface area contributed by atoms with Gasteiger partial charge in [-0.1, -0.05) is 18.2 Å². The summed E-state index contributed by atoms with van der Waals surface area (Å²) < 4.78 is 10.2. The van der Waals surface area contributed by atoms with Crippen LogP contribution in [0.4, 0.5) is 4.79 Å². The molecule has 1 heterocycles. The highest BCUT2D eigenvalue weighted by molar-refractivity contribution is 5.94. The van der Waals surface area contributed by atoms with Crippen molar-refractivity contribution >= 4 is 12.1 Å². The molecule has 0 saturated carbocycles. The Bertz CT molecular complexity index is 502. The van der Waals surface area contributed by atoms with E-state index in [1.807, 2.05) is 31.2 Å². The normalized spacial score (nSPS) is 17.7. The van der Waals surface area contributed by atoms with E-state index in [9.17, 15) is 4.79 Å². The van der Waals surface area contributed by atoms with Crippen LogP contribution >= 0.6 is 0 Å². The third-order valence-corrected chi connectivity index (χ3v) is 2.98. The Labute approximate surface area is 118 Å². The number of ether oxygens (including phenoxy) is 2. The molecule has 0 aromatic heterocycles. The number of alkyl carbamates (subject to hydrolysis) is 1. The molecule has 6 nitrogen and oxygen atoms in total. The number of hydrogen-bond acceptors (Lipinski definition) is 5. The van der Waals surface area contributed by atoms with E-state index in [-0.39, 0.29) is 6.04 Å². The summed E-state index contributed by atoms with van der Waals surface area (Å²) in [7, 11) is 1.32. The fourth-order valence-corrected chi connectivity index (χ4v) is 2.09. The van der Waals surface area contributed by atoms with Gasteiger partial charge in [-0.25, -0.2) is 9.79 Å². The van der Waals surface area contributed by atoms with Crippen molar-refractivity contribution < 1.29 is 14.3 Å². The second-order valence-corrected chi connectivity index (χ2v) is 4.30. The maximum absolute atomic E-state index is 11.2. The Hall–Kier alpha value is -2.24. The summed E-state index contributed by atoms with van der Waals surface area (Å²) in [5.74, 6) is 1.27. The number of nitrogens with one attached hydrogen (secondary N) is 2. The summed E-state index contributed by atoms with van der Waals surface area (Å²) in [6.45, 7) is 3.29. The lowest BCUT2D eigenvalue weighted by atomic mass is 10.0. The second-order valence-electron chi connectivity index (χ2n) is 4.30. The number of benzene rings is 1. The lowest BCUT2D eigenvalue weighted by Gasteiger charge is -2.23. The van der Waals surface area contributed by atoms with Gasteiger partial charge in [0.2, 0.25) is 5.96 Å². The summed E-state index contributed by atoms with van der Waals surface area (Å²) in [6, 6.07) is 7.80. The molecule has 2 N–H and O–H groups in total. The summed E-state index contributed by atoms with van der Waals surface area (Å²) in [5, 5.41) is 5.59. The first-order valence-corrected chi connectivity index (χ1v) is 6.63. The molecule has 0 fully saturated rings. The number of aliphatic imine (C=N–C) groups is 1. The molecule has 1 aromatic rings. The van der Waals surface area contributed by atoms with Gasteiger partial charge in [0.05, 0.1) is 19.8 Å². The maximum atomic E-state index is 11.2. The van der Waals surface area contributed by atoms with Crippen LogP contribution in [0.25, 0.3) is 0 Å². The molecule has 20 heavy (non-hydrogen) atoms. The Balaban J connectivity index is 2.19. The Morgan fingerprint density at radius 2 is 2.30 bits per heavy atom. The third-order valence-electron chi connectivity index (χ3n) is 2.98. The lowest BCUT2D eigenvalue weighted by Crippen LogP contribution is -2.44. The first-order chi connectivity index (χ1) is 9.74. The molecule has 1 aliphatic heterocycles. The lowest BCUT2D eigenvalue weighted by molar-refractivity contribution is 0.176. The van der Waals surface area contributed by atoms with Crippen LogP contribution in [0.5, 0.6) is 5.75 Å². The largest absolute Gasteiger partial charge is 0.494 e. The van der Waals surface area contributed by atoms with Gasteiger partial charge in [0.1, 0.15) is 5.75 Å². The number of amides is 1. The maximum Gasteiger partial charge on any atom is 0.413 e. The van der Waals surface area contributed by atoms with Crippen molar-refractivity contribution in [2.45, 2.75) is 19.4 Å². The highest BCUT2D eigenvalue weighted by Gasteiger charge is 2.20. The molecule has 0 spiro atoms. The molecular weight excluding hydrogens is 258 g/mol. The van der Waals surface area contributed by atoms with Gasteiger partial charge >= 0.3 is 6.09 Å². The van der Waals surface area contributed by atoms with Crippen molar-refractivity contribution in [3.05, 3.63) is 29.8 Å². The standard InChI is InChI=1S/C14H19N3O3/c1-3-20-12-7-5-4-6-10(12)11-8-9-15-13(16-11)17-14(18)19-2/h4-7,11H,3,8-9H2,1-2H3,(H2,15,16,17,18). The molecule has 0 bridgehead atoms. The van der Waals surface area contributed by atoms with E-state index in [1.165, 1.54) is 7.11 Å². The number of carbonyl (C=O) groups is 1. The summed E-state index contributed by atoms with van der Waals surface area (Å²) in [5.41, 5.74) is 1.03. The predicted octanol–water partition coefficient (Wildman–Crippen LogP) is 1.83. The zero-order valence-corrected chi connectivity index (χ0v) is 11.7. The summed E-state index contributed by atoms with van der Waals surface area (Å²) >= 11 is 0. The number of para-hydroxylation sites is 1. The minimum atomic E-state index is -0.532. The zero-order chi connectivity index (χ0) is 14.4. The van der Waals surface area contributed by atoms with Crippen LogP contribution in [0.1, 0.15) is 24.9 Å². The first kappa shape index (κ1) is 14.2. The molecule has 1 aliphatic rings. The van der Waals surface area contributed by atoms with E-state index in [2.05, 4.69) is 20.4 Å². The van der Waals surface area contributed by atoms with Crippen molar-refractivity contribution in [1.82, 2.24) is 10.6 Å². The summed E-state index contributed by atoms with van der Waals surface area (Å²) in [6.07, 6.45) is 0.311. The van der Waals surface area contributed by atoms with Gasteiger partial charge in [-0.15, -0.1) is 0 Å². The number of carbonyl (C=O) groups excluding carboxylic acids is 1. The van der Waals surface area contributed by atoms with Gasteiger partial charge in [0, 0.05) is 12.1 Å². The number of rotatable bonds is 3. The van der Waals surface area contributed by atoms with Crippen LogP contribution in [0.2, 0.25) is 0 Å². The van der Waals surface area contributed by atoms with Gasteiger partial charge in [-0.2, -0.15) is 0 Å².